The molecule has 5 rings (SSSR count). The lowest BCUT2D eigenvalue weighted by atomic mass is 9.89. The number of aliphatic hydroxyl groups excluding tert-OH is 1. The van der Waals surface area contributed by atoms with Crippen molar-refractivity contribution in [3.8, 4) is 0 Å². The van der Waals surface area contributed by atoms with Gasteiger partial charge in [0.15, 0.2) is 34.7 Å². The quantitative estimate of drug-likeness (QED) is 0.179. The molecule has 2 aromatic rings. The van der Waals surface area contributed by atoms with Gasteiger partial charge in [0.05, 0.1) is 24.3 Å². The molecule has 17 nitrogen and oxygen atoms in total. The highest BCUT2D eigenvalue weighted by molar-refractivity contribution is 7.90. The number of aryl methyl sites for hydroxylation is 2. The van der Waals surface area contributed by atoms with Crippen LogP contribution in [0.1, 0.15) is 71.5 Å². The van der Waals surface area contributed by atoms with Gasteiger partial charge in [0.2, 0.25) is 0 Å². The van der Waals surface area contributed by atoms with E-state index in [1.807, 2.05) is 47.0 Å². The van der Waals surface area contributed by atoms with Crippen LogP contribution in [0, 0.1) is 13.8 Å². The van der Waals surface area contributed by atoms with Gasteiger partial charge in [0.1, 0.15) is 18.3 Å². The second kappa shape index (κ2) is 15.4. The summed E-state index contributed by atoms with van der Waals surface area (Å²) in [4.78, 5) is 54.8. The van der Waals surface area contributed by atoms with E-state index in [0.29, 0.717) is 0 Å². The summed E-state index contributed by atoms with van der Waals surface area (Å²) in [5, 5.41) is 9.71. The molecule has 2 aromatic heterocycles. The van der Waals surface area contributed by atoms with Crippen molar-refractivity contribution in [2.75, 3.05) is 13.2 Å². The summed E-state index contributed by atoms with van der Waals surface area (Å²) in [6, 6.07) is 0. The molecular weight excluding hydrogens is 795 g/mol. The van der Waals surface area contributed by atoms with E-state index >= 15 is 0 Å². The summed E-state index contributed by atoms with van der Waals surface area (Å²) in [5.74, 6) is 0. The molecular formula is C37H59N5O12SSi2. The van der Waals surface area contributed by atoms with Gasteiger partial charge in [-0.15, -0.1) is 0 Å². The van der Waals surface area contributed by atoms with Crippen LogP contribution in [0.3, 0.4) is 0 Å². The zero-order valence-electron chi connectivity index (χ0n) is 35.0. The fraction of sp³-hybridized carbons (Fsp3) is 0.676. The van der Waals surface area contributed by atoms with Crippen molar-refractivity contribution in [1.29, 1.82) is 0 Å². The van der Waals surface area contributed by atoms with E-state index in [-0.39, 0.29) is 54.6 Å². The van der Waals surface area contributed by atoms with Crippen molar-refractivity contribution in [1.82, 2.24) is 18.3 Å². The summed E-state index contributed by atoms with van der Waals surface area (Å²) in [5.41, 5.74) is 2.38. The molecule has 0 radical (unpaired) electrons. The SMILES string of the molecule is Cc1cn(C2C=CC(CO)O2)c(=O)n(CCCn2c(=O)c(C)cn(C3OC(CO[Si](C)(C)C(C)(C)C)C4(OS(=O)(=O)C=C4N)C3O[Si](C)(C)C(C)(C)C)c2=O)c1=O. The molecule has 0 saturated carbocycles. The van der Waals surface area contributed by atoms with Gasteiger partial charge in [-0.1, -0.05) is 47.6 Å². The van der Waals surface area contributed by atoms with E-state index in [0.717, 1.165) is 14.5 Å². The number of rotatable bonds is 12. The van der Waals surface area contributed by atoms with Crippen LogP contribution in [-0.4, -0.2) is 85.6 Å². The zero-order valence-corrected chi connectivity index (χ0v) is 37.8. The van der Waals surface area contributed by atoms with Crippen molar-refractivity contribution in [2.24, 2.45) is 5.73 Å². The minimum absolute atomic E-state index is 0.0250. The number of ether oxygens (including phenoxy) is 2. The normalized spacial score (nSPS) is 26.5. The Kier molecular flexibility index (Phi) is 12.1. The molecule has 0 amide bonds. The average molecular weight is 854 g/mol. The monoisotopic (exact) mass is 853 g/mol. The second-order valence-electron chi connectivity index (χ2n) is 18.2. The number of nitrogens with two attached hydrogens (primary N) is 1. The van der Waals surface area contributed by atoms with Gasteiger partial charge in [-0.3, -0.25) is 27.9 Å². The third-order valence-corrected chi connectivity index (χ3v) is 22.1. The molecule has 318 valence electrons. The third kappa shape index (κ3) is 8.34. The summed E-state index contributed by atoms with van der Waals surface area (Å²) in [6.07, 6.45) is 0.795. The molecule has 3 aliphatic heterocycles. The summed E-state index contributed by atoms with van der Waals surface area (Å²) >= 11 is 0. The lowest BCUT2D eigenvalue weighted by Gasteiger charge is -2.43. The Morgan fingerprint density at radius 2 is 1.37 bits per heavy atom. The van der Waals surface area contributed by atoms with Crippen LogP contribution in [0.2, 0.25) is 36.3 Å². The van der Waals surface area contributed by atoms with Gasteiger partial charge in [0.25, 0.3) is 21.2 Å². The Morgan fingerprint density at radius 3 is 1.84 bits per heavy atom. The van der Waals surface area contributed by atoms with Crippen LogP contribution in [0.4, 0.5) is 0 Å². The van der Waals surface area contributed by atoms with Crippen LogP contribution >= 0.6 is 0 Å². The molecule has 20 heteroatoms. The zero-order chi connectivity index (χ0) is 42.8. The largest absolute Gasteiger partial charge is 0.414 e. The van der Waals surface area contributed by atoms with Crippen LogP contribution in [0.25, 0.3) is 0 Å². The number of aliphatic hydroxyl groups is 1. The van der Waals surface area contributed by atoms with Crippen molar-refractivity contribution >= 4 is 26.8 Å². The summed E-state index contributed by atoms with van der Waals surface area (Å²) in [6.45, 7) is 22.6. The predicted molar refractivity (Wildman–Crippen MR) is 218 cm³/mol. The van der Waals surface area contributed by atoms with Gasteiger partial charge in [-0.05, 0) is 62.6 Å². The van der Waals surface area contributed by atoms with E-state index in [9.17, 15) is 32.7 Å². The maximum Gasteiger partial charge on any atom is 0.333 e. The van der Waals surface area contributed by atoms with Crippen molar-refractivity contribution in [3.05, 3.63) is 88.5 Å². The van der Waals surface area contributed by atoms with Crippen LogP contribution in [-0.2, 0) is 45.7 Å². The molecule has 0 aliphatic carbocycles. The Labute approximate surface area is 335 Å². The third-order valence-electron chi connectivity index (χ3n) is 12.1. The van der Waals surface area contributed by atoms with Crippen molar-refractivity contribution < 1.29 is 36.0 Å². The molecule has 0 aromatic carbocycles. The highest BCUT2D eigenvalue weighted by atomic mass is 32.2. The lowest BCUT2D eigenvalue weighted by molar-refractivity contribution is -0.0567. The second-order valence-corrected chi connectivity index (χ2v) is 29.2. The number of aromatic nitrogens is 4. The predicted octanol–water partition coefficient (Wildman–Crippen LogP) is 2.69. The van der Waals surface area contributed by atoms with Gasteiger partial charge >= 0.3 is 11.4 Å². The maximum atomic E-state index is 14.5. The number of nitrogens with zero attached hydrogens (tertiary/aromatic N) is 4. The molecule has 1 saturated heterocycles. The Balaban J connectivity index is 1.57. The Morgan fingerprint density at radius 1 is 0.842 bits per heavy atom. The molecule has 57 heavy (non-hydrogen) atoms. The van der Waals surface area contributed by atoms with E-state index in [4.69, 9.17) is 28.2 Å². The van der Waals surface area contributed by atoms with Crippen molar-refractivity contribution in [2.45, 2.75) is 148 Å². The van der Waals surface area contributed by atoms with E-state index in [1.165, 1.54) is 28.5 Å². The molecule has 1 fully saturated rings. The van der Waals surface area contributed by atoms with Gasteiger partial charge in [-0.25, -0.2) is 13.8 Å². The highest BCUT2D eigenvalue weighted by Crippen LogP contribution is 2.52. The Bertz CT molecular complexity index is 2300. The standard InChI is InChI=1S/C37H59N5O12SSi2/c1-23-18-41(28-15-14-25(20-43)51-28)33(46)39(30(23)44)16-13-17-40-31(45)24(2)19-42(34(40)47)32-29(53-57(11,12)36(6,7)8)37(26(38)22-55(48,49)54-37)27(52-32)21-50-56(9,10)35(3,4)5/h14-15,18-19,22,25,27-29,32,43H,13,16-17,20-21,38H2,1-12H3. The fourth-order valence-electron chi connectivity index (χ4n) is 6.63. The van der Waals surface area contributed by atoms with E-state index < -0.39 is 90.7 Å². The smallest absolute Gasteiger partial charge is 0.333 e. The number of hydrogen-bond donors (Lipinski definition) is 2. The minimum Gasteiger partial charge on any atom is -0.414 e. The lowest BCUT2D eigenvalue weighted by Crippen LogP contribution is -2.59. The first-order valence-corrected chi connectivity index (χ1v) is 26.4. The number of hydrogen-bond acceptors (Lipinski definition) is 13. The molecule has 6 unspecified atom stereocenters. The van der Waals surface area contributed by atoms with Gasteiger partial charge < -0.3 is 29.2 Å². The molecule has 3 N–H and O–H groups in total. The van der Waals surface area contributed by atoms with Crippen LogP contribution in [0.5, 0.6) is 0 Å². The maximum absolute atomic E-state index is 14.5. The summed E-state index contributed by atoms with van der Waals surface area (Å²) < 4.78 is 62.7. The van der Waals surface area contributed by atoms with E-state index in [1.54, 1.807) is 19.1 Å². The summed E-state index contributed by atoms with van der Waals surface area (Å²) in [7, 11) is -9.61. The van der Waals surface area contributed by atoms with Gasteiger partial charge in [-0.2, -0.15) is 8.42 Å². The fourth-order valence-corrected chi connectivity index (χ4v) is 10.1. The molecule has 6 atom stereocenters. The first-order valence-electron chi connectivity index (χ1n) is 19.1. The minimum atomic E-state index is -4.32. The van der Waals surface area contributed by atoms with Gasteiger partial charge in [0, 0.05) is 36.6 Å². The van der Waals surface area contributed by atoms with Crippen LogP contribution in [0.15, 0.2) is 54.8 Å². The first-order chi connectivity index (χ1) is 26.1. The van der Waals surface area contributed by atoms with Crippen molar-refractivity contribution in [3.63, 3.8) is 0 Å². The highest BCUT2D eigenvalue weighted by Gasteiger charge is 2.67. The van der Waals surface area contributed by atoms with E-state index in [2.05, 4.69) is 20.8 Å². The molecule has 5 heterocycles. The van der Waals surface area contributed by atoms with Crippen LogP contribution < -0.4 is 28.2 Å². The molecule has 0 bridgehead atoms. The topological polar surface area (TPSA) is 215 Å². The molecule has 3 aliphatic rings. The average Bonchev–Trinajstić information content (AvgIpc) is 3.75. The molecule has 1 spiro atoms. The Hall–Kier alpha value is -3.22. The first kappa shape index (κ1) is 44.9.